The normalized spacial score (nSPS) is 17.0. The number of aliphatic hydroxyl groups is 1. The lowest BCUT2D eigenvalue weighted by Gasteiger charge is -2.34. The number of aromatic hydroxyl groups is 4. The Kier molecular flexibility index (Phi) is 6.29. The van der Waals surface area contributed by atoms with Gasteiger partial charge in [-0.25, -0.2) is 0 Å². The second-order valence-electron chi connectivity index (χ2n) is 7.63. The Bertz CT molecular complexity index is 1190. The fourth-order valence-electron chi connectivity index (χ4n) is 3.74. The van der Waals surface area contributed by atoms with E-state index in [9.17, 15) is 25.5 Å². The molecular formula is C25H24O9. The summed E-state index contributed by atoms with van der Waals surface area (Å²) in [6.07, 6.45) is 1.65. The van der Waals surface area contributed by atoms with E-state index in [1.54, 1.807) is 30.4 Å². The summed E-state index contributed by atoms with van der Waals surface area (Å²) in [4.78, 5) is 0. The predicted molar refractivity (Wildman–Crippen MR) is 123 cm³/mol. The molecular weight excluding hydrogens is 444 g/mol. The van der Waals surface area contributed by atoms with Gasteiger partial charge in [-0.2, -0.15) is 0 Å². The molecule has 4 rings (SSSR count). The minimum Gasteiger partial charge on any atom is -0.508 e. The van der Waals surface area contributed by atoms with Crippen molar-refractivity contribution in [2.24, 2.45) is 0 Å². The second-order valence-corrected chi connectivity index (χ2v) is 7.63. The molecule has 0 spiro atoms. The summed E-state index contributed by atoms with van der Waals surface area (Å²) in [6.45, 7) is -0.405. The molecule has 5 N–H and O–H groups in total. The Balaban J connectivity index is 1.70. The van der Waals surface area contributed by atoms with Crippen molar-refractivity contribution >= 4 is 12.2 Å². The molecule has 178 valence electrons. The molecule has 0 saturated carbocycles. The summed E-state index contributed by atoms with van der Waals surface area (Å²) in [6, 6.07) is 10.4. The van der Waals surface area contributed by atoms with Gasteiger partial charge in [0.05, 0.1) is 20.8 Å². The molecule has 0 amide bonds. The first-order chi connectivity index (χ1) is 16.3. The van der Waals surface area contributed by atoms with Gasteiger partial charge in [0.25, 0.3) is 0 Å². The van der Waals surface area contributed by atoms with Crippen LogP contribution in [0.25, 0.3) is 12.2 Å². The zero-order chi connectivity index (χ0) is 24.4. The molecule has 9 nitrogen and oxygen atoms in total. The maximum Gasteiger partial charge on any atom is 0.203 e. The largest absolute Gasteiger partial charge is 0.508 e. The van der Waals surface area contributed by atoms with E-state index in [4.69, 9.17) is 18.9 Å². The molecule has 0 radical (unpaired) electrons. The summed E-state index contributed by atoms with van der Waals surface area (Å²) in [5.74, 6) is 0.121. The average molecular weight is 468 g/mol. The monoisotopic (exact) mass is 468 g/mol. The number of methoxy groups -OCH3 is 2. The number of fused-ring (bicyclic) bond motifs is 1. The van der Waals surface area contributed by atoms with Gasteiger partial charge in [0, 0.05) is 11.6 Å². The van der Waals surface area contributed by atoms with E-state index in [0.717, 1.165) is 0 Å². The van der Waals surface area contributed by atoms with Crippen molar-refractivity contribution in [3.05, 3.63) is 59.2 Å². The molecule has 2 atom stereocenters. The molecule has 0 saturated heterocycles. The van der Waals surface area contributed by atoms with E-state index in [1.807, 2.05) is 0 Å². The molecule has 0 bridgehead atoms. The Morgan fingerprint density at radius 2 is 1.38 bits per heavy atom. The molecule has 3 aromatic rings. The van der Waals surface area contributed by atoms with Gasteiger partial charge < -0.3 is 44.5 Å². The zero-order valence-corrected chi connectivity index (χ0v) is 18.4. The highest BCUT2D eigenvalue weighted by molar-refractivity contribution is 5.73. The predicted octanol–water partition coefficient (Wildman–Crippen LogP) is 3.57. The maximum absolute atomic E-state index is 10.5. The number of benzene rings is 3. The Morgan fingerprint density at radius 1 is 0.794 bits per heavy atom. The van der Waals surface area contributed by atoms with Crippen LogP contribution >= 0.6 is 0 Å². The maximum atomic E-state index is 10.5. The first-order valence-corrected chi connectivity index (χ1v) is 10.3. The van der Waals surface area contributed by atoms with Crippen molar-refractivity contribution in [1.82, 2.24) is 0 Å². The van der Waals surface area contributed by atoms with Crippen molar-refractivity contribution in [2.45, 2.75) is 12.2 Å². The molecule has 1 aliphatic heterocycles. The highest BCUT2D eigenvalue weighted by Gasteiger charge is 2.35. The third kappa shape index (κ3) is 4.46. The first-order valence-electron chi connectivity index (χ1n) is 10.3. The van der Waals surface area contributed by atoms with Crippen LogP contribution in [0, 0.1) is 0 Å². The summed E-state index contributed by atoms with van der Waals surface area (Å²) in [5.41, 5.74) is 1.63. The Labute approximate surface area is 195 Å². The molecule has 3 aromatic carbocycles. The van der Waals surface area contributed by atoms with Crippen molar-refractivity contribution in [3.63, 3.8) is 0 Å². The van der Waals surface area contributed by atoms with E-state index in [-0.39, 0.29) is 46.0 Å². The van der Waals surface area contributed by atoms with Gasteiger partial charge in [0.15, 0.2) is 35.2 Å². The molecule has 0 fully saturated rings. The number of hydrogen-bond donors (Lipinski definition) is 5. The molecule has 0 aromatic heterocycles. The molecule has 1 heterocycles. The van der Waals surface area contributed by atoms with Gasteiger partial charge in [0.1, 0.15) is 11.5 Å². The van der Waals surface area contributed by atoms with Crippen LogP contribution in [0.15, 0.2) is 42.5 Å². The van der Waals surface area contributed by atoms with Gasteiger partial charge in [-0.15, -0.1) is 0 Å². The van der Waals surface area contributed by atoms with E-state index in [1.165, 1.54) is 38.5 Å². The lowest BCUT2D eigenvalue weighted by atomic mass is 10.0. The van der Waals surface area contributed by atoms with Crippen LogP contribution in [0.1, 0.15) is 22.8 Å². The van der Waals surface area contributed by atoms with Crippen molar-refractivity contribution in [1.29, 1.82) is 0 Å². The van der Waals surface area contributed by atoms with Crippen LogP contribution in [0.2, 0.25) is 0 Å². The number of rotatable bonds is 6. The molecule has 1 aliphatic rings. The van der Waals surface area contributed by atoms with E-state index >= 15 is 0 Å². The van der Waals surface area contributed by atoms with Crippen LogP contribution in [-0.4, -0.2) is 52.5 Å². The Hall–Kier alpha value is -4.24. The topological polar surface area (TPSA) is 138 Å². The fourth-order valence-corrected chi connectivity index (χ4v) is 3.74. The molecule has 0 aliphatic carbocycles. The summed E-state index contributed by atoms with van der Waals surface area (Å²) in [7, 11) is 2.80. The first kappa shape index (κ1) is 22.9. The molecule has 34 heavy (non-hydrogen) atoms. The van der Waals surface area contributed by atoms with Crippen LogP contribution in [0.4, 0.5) is 0 Å². The summed E-state index contributed by atoms with van der Waals surface area (Å²) in [5, 5.41) is 49.9. The fraction of sp³-hybridized carbons (Fsp3) is 0.200. The third-order valence-electron chi connectivity index (χ3n) is 5.32. The number of aliphatic hydroxyl groups excluding tert-OH is 1. The highest BCUT2D eigenvalue weighted by atomic mass is 16.6. The van der Waals surface area contributed by atoms with Crippen molar-refractivity contribution in [3.8, 4) is 46.0 Å². The minimum absolute atomic E-state index is 0.0812. The second kappa shape index (κ2) is 9.32. The quantitative estimate of drug-likeness (QED) is 0.344. The minimum atomic E-state index is -0.853. The lowest BCUT2D eigenvalue weighted by molar-refractivity contribution is -0.0142. The lowest BCUT2D eigenvalue weighted by Crippen LogP contribution is -2.36. The SMILES string of the molecule is COc1cc([C@@H]2Oc3cc(C=Cc4cc(O)cc(O)c4)cc(O)c3O[C@H]2CO)cc(OC)c1O. The number of phenols is 4. The van der Waals surface area contributed by atoms with Gasteiger partial charge in [-0.05, 0) is 47.5 Å². The van der Waals surface area contributed by atoms with Crippen LogP contribution in [0.5, 0.6) is 46.0 Å². The van der Waals surface area contributed by atoms with Crippen LogP contribution in [-0.2, 0) is 0 Å². The standard InChI is InChI=1S/C25H24O9/c1-31-19-9-15(10-20(32-2)23(19)30)24-22(12-26)34-25-18(29)7-14(8-21(25)33-24)4-3-13-5-16(27)11-17(28)6-13/h3-11,22,24,26-30H,12H2,1-2H3/t22-,24-/m0/s1. The summed E-state index contributed by atoms with van der Waals surface area (Å²) >= 11 is 0. The van der Waals surface area contributed by atoms with E-state index in [2.05, 4.69) is 0 Å². The molecule has 9 heteroatoms. The number of ether oxygens (including phenoxy) is 4. The Morgan fingerprint density at radius 3 is 1.94 bits per heavy atom. The van der Waals surface area contributed by atoms with Gasteiger partial charge >= 0.3 is 0 Å². The van der Waals surface area contributed by atoms with Crippen molar-refractivity contribution < 1.29 is 44.5 Å². The summed E-state index contributed by atoms with van der Waals surface area (Å²) < 4.78 is 22.4. The number of hydrogen-bond acceptors (Lipinski definition) is 9. The third-order valence-corrected chi connectivity index (χ3v) is 5.32. The zero-order valence-electron chi connectivity index (χ0n) is 18.4. The van der Waals surface area contributed by atoms with E-state index in [0.29, 0.717) is 16.7 Å². The smallest absolute Gasteiger partial charge is 0.203 e. The van der Waals surface area contributed by atoms with Gasteiger partial charge in [0.2, 0.25) is 11.5 Å². The van der Waals surface area contributed by atoms with E-state index < -0.39 is 18.8 Å². The average Bonchev–Trinajstić information content (AvgIpc) is 2.81. The molecule has 0 unspecified atom stereocenters. The highest BCUT2D eigenvalue weighted by Crippen LogP contribution is 2.48. The number of phenolic OH excluding ortho intramolecular Hbond substituents is 4. The van der Waals surface area contributed by atoms with Gasteiger partial charge in [-0.1, -0.05) is 12.2 Å². The van der Waals surface area contributed by atoms with Crippen LogP contribution in [0.3, 0.4) is 0 Å². The van der Waals surface area contributed by atoms with Crippen LogP contribution < -0.4 is 18.9 Å². The van der Waals surface area contributed by atoms with Crippen molar-refractivity contribution in [2.75, 3.05) is 20.8 Å². The van der Waals surface area contributed by atoms with Gasteiger partial charge in [-0.3, -0.25) is 0 Å².